The predicted molar refractivity (Wildman–Crippen MR) is 80.1 cm³/mol. The Bertz CT molecular complexity index is 774. The van der Waals surface area contributed by atoms with E-state index in [9.17, 15) is 5.11 Å². The number of nitrogens with zero attached hydrogens (tertiary/aromatic N) is 4. The van der Waals surface area contributed by atoms with Gasteiger partial charge in [-0.15, -0.1) is 28.1 Å². The van der Waals surface area contributed by atoms with Crippen molar-refractivity contribution < 1.29 is 5.11 Å². The molecule has 0 amide bonds. The Morgan fingerprint density at radius 3 is 2.95 bits per heavy atom. The van der Waals surface area contributed by atoms with Crippen LogP contribution in [0.2, 0.25) is 0 Å². The lowest BCUT2D eigenvalue weighted by Gasteiger charge is -2.01. The third-order valence-electron chi connectivity index (χ3n) is 2.88. The number of hydrogen-bond acceptors (Lipinski definition) is 5. The molecule has 2 aromatic heterocycles. The quantitative estimate of drug-likeness (QED) is 0.570. The molecule has 1 N–H and O–H groups in total. The summed E-state index contributed by atoms with van der Waals surface area (Å²) in [6.45, 7) is 4.22. The van der Waals surface area contributed by atoms with Gasteiger partial charge in [0.1, 0.15) is 0 Å². The number of para-hydroxylation sites is 1. The van der Waals surface area contributed by atoms with Gasteiger partial charge in [-0.2, -0.15) is 0 Å². The van der Waals surface area contributed by atoms with E-state index in [1.165, 1.54) is 11.3 Å². The van der Waals surface area contributed by atoms with Crippen molar-refractivity contribution in [3.63, 3.8) is 0 Å². The van der Waals surface area contributed by atoms with E-state index < -0.39 is 0 Å². The van der Waals surface area contributed by atoms with Crippen LogP contribution < -0.4 is 0 Å². The number of hydrogen-bond donors (Lipinski definition) is 1. The second-order valence-corrected chi connectivity index (χ2v) is 4.98. The lowest BCUT2D eigenvalue weighted by Crippen LogP contribution is -1.92. The van der Waals surface area contributed by atoms with Gasteiger partial charge in [-0.05, 0) is 6.07 Å². The molecular weight excluding hydrogens is 272 g/mol. The van der Waals surface area contributed by atoms with Crippen LogP contribution in [0.5, 0.6) is 5.88 Å². The molecule has 0 aliphatic rings. The highest BCUT2D eigenvalue weighted by atomic mass is 32.1. The van der Waals surface area contributed by atoms with Crippen LogP contribution in [0.4, 0.5) is 10.8 Å². The number of fused-ring (bicyclic) bond motifs is 1. The molecular formula is C14H12N4OS. The SMILES string of the molecule is C=CCn1c(O)c(N=Nc2nccs2)c2ccccc21. The van der Waals surface area contributed by atoms with Crippen LogP contribution >= 0.6 is 11.3 Å². The maximum Gasteiger partial charge on any atom is 0.229 e. The van der Waals surface area contributed by atoms with Crippen LogP contribution in [0, 0.1) is 0 Å². The summed E-state index contributed by atoms with van der Waals surface area (Å²) in [4.78, 5) is 4.04. The average molecular weight is 284 g/mol. The molecule has 0 saturated heterocycles. The van der Waals surface area contributed by atoms with Gasteiger partial charge in [0.2, 0.25) is 11.0 Å². The van der Waals surface area contributed by atoms with Gasteiger partial charge in [0.05, 0.1) is 5.52 Å². The normalized spacial score (nSPS) is 11.4. The molecule has 1 aromatic carbocycles. The summed E-state index contributed by atoms with van der Waals surface area (Å²) in [5.41, 5.74) is 1.36. The molecule has 0 fully saturated rings. The van der Waals surface area contributed by atoms with Gasteiger partial charge < -0.3 is 9.67 Å². The fourth-order valence-corrected chi connectivity index (χ4v) is 2.50. The van der Waals surface area contributed by atoms with Gasteiger partial charge in [0.15, 0.2) is 5.69 Å². The fourth-order valence-electron chi connectivity index (χ4n) is 2.04. The fraction of sp³-hybridized carbons (Fsp3) is 0.0714. The molecule has 0 bridgehead atoms. The summed E-state index contributed by atoms with van der Waals surface area (Å²) in [6, 6.07) is 7.66. The lowest BCUT2D eigenvalue weighted by atomic mass is 10.2. The van der Waals surface area contributed by atoms with Crippen molar-refractivity contribution in [1.29, 1.82) is 0 Å². The summed E-state index contributed by atoms with van der Waals surface area (Å²) in [5, 5.41) is 21.8. The average Bonchev–Trinajstić information content (AvgIpc) is 3.06. The molecule has 3 rings (SSSR count). The first-order valence-corrected chi connectivity index (χ1v) is 6.91. The summed E-state index contributed by atoms with van der Waals surface area (Å²) in [6.07, 6.45) is 3.40. The van der Waals surface area contributed by atoms with Crippen molar-refractivity contribution in [2.45, 2.75) is 6.54 Å². The Balaban J connectivity index is 2.14. The Hall–Kier alpha value is -2.47. The topological polar surface area (TPSA) is 62.8 Å². The van der Waals surface area contributed by atoms with Crippen LogP contribution in [0.15, 0.2) is 58.7 Å². The van der Waals surface area contributed by atoms with E-state index in [1.807, 2.05) is 29.6 Å². The maximum atomic E-state index is 10.3. The Morgan fingerprint density at radius 1 is 1.35 bits per heavy atom. The van der Waals surface area contributed by atoms with Gasteiger partial charge in [-0.25, -0.2) is 4.98 Å². The van der Waals surface area contributed by atoms with Crippen molar-refractivity contribution in [3.05, 3.63) is 48.5 Å². The maximum absolute atomic E-state index is 10.3. The Labute approximate surface area is 119 Å². The molecule has 3 aromatic rings. The van der Waals surface area contributed by atoms with Crippen LogP contribution in [0.3, 0.4) is 0 Å². The second-order valence-electron chi connectivity index (χ2n) is 4.10. The number of benzene rings is 1. The van der Waals surface area contributed by atoms with E-state index >= 15 is 0 Å². The Morgan fingerprint density at radius 2 is 2.20 bits per heavy atom. The minimum absolute atomic E-state index is 0.0893. The monoisotopic (exact) mass is 284 g/mol. The molecule has 2 heterocycles. The van der Waals surface area contributed by atoms with Gasteiger partial charge in [-0.3, -0.25) is 0 Å². The molecule has 0 aliphatic heterocycles. The summed E-state index contributed by atoms with van der Waals surface area (Å²) >= 11 is 1.39. The third kappa shape index (κ3) is 2.10. The summed E-state index contributed by atoms with van der Waals surface area (Å²) < 4.78 is 1.75. The van der Waals surface area contributed by atoms with Crippen molar-refractivity contribution >= 4 is 33.1 Å². The minimum atomic E-state index is 0.0893. The molecule has 5 nitrogen and oxygen atoms in total. The van der Waals surface area contributed by atoms with Gasteiger partial charge in [0, 0.05) is 23.5 Å². The summed E-state index contributed by atoms with van der Waals surface area (Å²) in [5.74, 6) is 0.0893. The van der Waals surface area contributed by atoms with Crippen LogP contribution in [0.1, 0.15) is 0 Å². The molecule has 6 heteroatoms. The Kier molecular flexibility index (Phi) is 3.30. The first-order chi connectivity index (χ1) is 9.81. The zero-order valence-electron chi connectivity index (χ0n) is 10.6. The largest absolute Gasteiger partial charge is 0.493 e. The highest BCUT2D eigenvalue weighted by Gasteiger charge is 2.15. The third-order valence-corrected chi connectivity index (χ3v) is 3.54. The van der Waals surface area contributed by atoms with Crippen molar-refractivity contribution in [2.24, 2.45) is 10.2 Å². The van der Waals surface area contributed by atoms with Crippen molar-refractivity contribution in [3.8, 4) is 5.88 Å². The van der Waals surface area contributed by atoms with Gasteiger partial charge in [0.25, 0.3) is 0 Å². The number of aromatic nitrogens is 2. The molecule has 0 atom stereocenters. The van der Waals surface area contributed by atoms with Gasteiger partial charge >= 0.3 is 0 Å². The standard InChI is InChI=1S/C14H12N4OS/c1-2-8-18-11-6-4-3-5-10(11)12(13(18)19)16-17-14-15-7-9-20-14/h2-7,9,19H,1,8H2. The van der Waals surface area contributed by atoms with E-state index in [4.69, 9.17) is 0 Å². The summed E-state index contributed by atoms with van der Waals surface area (Å²) in [7, 11) is 0. The number of rotatable bonds is 4. The highest BCUT2D eigenvalue weighted by Crippen LogP contribution is 2.39. The molecule has 0 radical (unpaired) electrons. The number of azo groups is 1. The lowest BCUT2D eigenvalue weighted by molar-refractivity contribution is 0.431. The predicted octanol–water partition coefficient (Wildman–Crippen LogP) is 4.40. The van der Waals surface area contributed by atoms with E-state index in [-0.39, 0.29) is 5.88 Å². The van der Waals surface area contributed by atoms with E-state index in [2.05, 4.69) is 21.8 Å². The number of allylic oxidation sites excluding steroid dienone is 1. The molecule has 0 aliphatic carbocycles. The number of thiazole rings is 1. The van der Waals surface area contributed by atoms with Crippen molar-refractivity contribution in [1.82, 2.24) is 9.55 Å². The zero-order valence-corrected chi connectivity index (χ0v) is 11.4. The molecule has 100 valence electrons. The molecule has 0 unspecified atom stereocenters. The second kappa shape index (κ2) is 5.26. The molecule has 20 heavy (non-hydrogen) atoms. The van der Waals surface area contributed by atoms with E-state index in [0.29, 0.717) is 17.4 Å². The first-order valence-electron chi connectivity index (χ1n) is 6.03. The van der Waals surface area contributed by atoms with Crippen molar-refractivity contribution in [2.75, 3.05) is 0 Å². The molecule has 0 spiro atoms. The highest BCUT2D eigenvalue weighted by molar-refractivity contribution is 7.13. The smallest absolute Gasteiger partial charge is 0.229 e. The van der Waals surface area contributed by atoms with Gasteiger partial charge in [-0.1, -0.05) is 24.3 Å². The first kappa shape index (κ1) is 12.6. The van der Waals surface area contributed by atoms with Crippen LogP contribution in [-0.4, -0.2) is 14.7 Å². The van der Waals surface area contributed by atoms with E-state index in [1.54, 1.807) is 16.8 Å². The molecule has 0 saturated carbocycles. The zero-order chi connectivity index (χ0) is 13.9. The van der Waals surface area contributed by atoms with E-state index in [0.717, 1.165) is 10.9 Å². The minimum Gasteiger partial charge on any atom is -0.493 e. The number of aromatic hydroxyl groups is 1. The van der Waals surface area contributed by atoms with Crippen LogP contribution in [-0.2, 0) is 6.54 Å². The van der Waals surface area contributed by atoms with Crippen LogP contribution in [0.25, 0.3) is 10.9 Å².